The number of β-amino-alcohol motifs (C(OH)–C–C–N with tert-alkyl or cyclic N) is 2. The molecular weight excluding hydrogens is 298 g/mol. The molecule has 2 aromatic rings. The molecular formula is C16H19N3O4. The minimum absolute atomic E-state index is 0.181. The van der Waals surface area contributed by atoms with E-state index in [-0.39, 0.29) is 19.0 Å². The summed E-state index contributed by atoms with van der Waals surface area (Å²) >= 11 is 0. The number of pyridine rings is 1. The van der Waals surface area contributed by atoms with Crippen molar-refractivity contribution in [3.63, 3.8) is 0 Å². The second kappa shape index (κ2) is 5.28. The topological polar surface area (TPSA) is 99.7 Å². The number of rotatable bonds is 1. The van der Waals surface area contributed by atoms with Gasteiger partial charge in [-0.05, 0) is 31.7 Å². The second-order valence-electron chi connectivity index (χ2n) is 6.47. The summed E-state index contributed by atoms with van der Waals surface area (Å²) in [6.07, 6.45) is 1.51. The van der Waals surface area contributed by atoms with Crippen LogP contribution < -0.4 is 0 Å². The molecule has 2 N–H and O–H groups in total. The molecule has 7 nitrogen and oxygen atoms in total. The molecule has 4 rings (SSSR count). The van der Waals surface area contributed by atoms with Crippen LogP contribution >= 0.6 is 0 Å². The summed E-state index contributed by atoms with van der Waals surface area (Å²) in [5, 5.41) is 24.3. The largest absolute Gasteiger partial charge is 0.391 e. The van der Waals surface area contributed by atoms with E-state index in [0.717, 1.165) is 30.5 Å². The summed E-state index contributed by atoms with van der Waals surface area (Å²) in [4.78, 5) is 19.1. The van der Waals surface area contributed by atoms with E-state index in [1.54, 1.807) is 6.92 Å². The third-order valence-corrected chi connectivity index (χ3v) is 4.73. The first-order chi connectivity index (χ1) is 11.0. The van der Waals surface area contributed by atoms with Gasteiger partial charge in [-0.15, -0.1) is 0 Å². The summed E-state index contributed by atoms with van der Waals surface area (Å²) in [5.74, 6) is -0.181. The van der Waals surface area contributed by atoms with Gasteiger partial charge in [0.05, 0.1) is 28.9 Å². The molecule has 0 bridgehead atoms. The van der Waals surface area contributed by atoms with E-state index in [0.29, 0.717) is 28.8 Å². The lowest BCUT2D eigenvalue weighted by Gasteiger charge is -2.33. The number of hydrogen-bond acceptors (Lipinski definition) is 6. The number of amides is 1. The van der Waals surface area contributed by atoms with Crippen LogP contribution in [-0.2, 0) is 12.8 Å². The molecule has 1 saturated heterocycles. The lowest BCUT2D eigenvalue weighted by Crippen LogP contribution is -2.48. The molecule has 0 saturated carbocycles. The van der Waals surface area contributed by atoms with Crippen molar-refractivity contribution in [2.75, 3.05) is 13.1 Å². The van der Waals surface area contributed by atoms with E-state index in [1.165, 1.54) is 4.90 Å². The molecule has 0 spiro atoms. The van der Waals surface area contributed by atoms with Gasteiger partial charge in [0.15, 0.2) is 0 Å². The number of carbonyl (C=O) groups is 1. The Morgan fingerprint density at radius 3 is 2.74 bits per heavy atom. The lowest BCUT2D eigenvalue weighted by atomic mass is 9.99. The van der Waals surface area contributed by atoms with Crippen LogP contribution in [0.1, 0.15) is 40.2 Å². The fourth-order valence-corrected chi connectivity index (χ4v) is 3.72. The Labute approximate surface area is 132 Å². The number of carbonyl (C=O) groups excluding carboxylic acids is 1. The molecule has 2 aromatic heterocycles. The van der Waals surface area contributed by atoms with Gasteiger partial charge in [0, 0.05) is 25.2 Å². The van der Waals surface area contributed by atoms with Gasteiger partial charge in [0.1, 0.15) is 0 Å². The Bertz CT molecular complexity index is 775. The minimum Gasteiger partial charge on any atom is -0.391 e. The zero-order valence-corrected chi connectivity index (χ0v) is 12.9. The molecule has 0 unspecified atom stereocenters. The van der Waals surface area contributed by atoms with Crippen molar-refractivity contribution in [1.82, 2.24) is 15.0 Å². The molecule has 122 valence electrons. The Morgan fingerprint density at radius 2 is 2.00 bits per heavy atom. The van der Waals surface area contributed by atoms with Gasteiger partial charge in [-0.25, -0.2) is 4.98 Å². The van der Waals surface area contributed by atoms with E-state index in [4.69, 9.17) is 4.52 Å². The average Bonchev–Trinajstić information content (AvgIpc) is 3.10. The predicted octanol–water partition coefficient (Wildman–Crippen LogP) is 0.588. The summed E-state index contributed by atoms with van der Waals surface area (Å²) in [6, 6.07) is 0. The molecule has 0 aromatic carbocycles. The minimum atomic E-state index is -0.698. The van der Waals surface area contributed by atoms with E-state index in [2.05, 4.69) is 10.1 Å². The Kier molecular flexibility index (Phi) is 3.35. The van der Waals surface area contributed by atoms with Gasteiger partial charge in [-0.1, -0.05) is 5.16 Å². The standard InChI is InChI=1S/C16H19N3O4/c1-8-13-14(16(22)19-6-9(20)5-10(21)7-19)11-3-2-4-12(11)17-15(13)23-18-8/h9-10,20-21H,2-7H2,1H3/t9-,10-/m1/s1. The molecule has 2 aliphatic rings. The molecule has 23 heavy (non-hydrogen) atoms. The first-order valence-electron chi connectivity index (χ1n) is 7.97. The maximum absolute atomic E-state index is 13.1. The number of nitrogens with zero attached hydrogens (tertiary/aromatic N) is 3. The van der Waals surface area contributed by atoms with E-state index in [9.17, 15) is 15.0 Å². The highest BCUT2D eigenvalue weighted by molar-refractivity contribution is 6.07. The molecule has 3 heterocycles. The number of fused-ring (bicyclic) bond motifs is 2. The SMILES string of the molecule is Cc1noc2nc3c(c(C(=O)N4C[C@H](O)C[C@@H](O)C4)c12)CCC3. The summed E-state index contributed by atoms with van der Waals surface area (Å²) < 4.78 is 5.26. The third-order valence-electron chi connectivity index (χ3n) is 4.73. The van der Waals surface area contributed by atoms with Gasteiger partial charge >= 0.3 is 0 Å². The van der Waals surface area contributed by atoms with Gasteiger partial charge < -0.3 is 19.6 Å². The summed E-state index contributed by atoms with van der Waals surface area (Å²) in [6.45, 7) is 2.27. The number of aromatic nitrogens is 2. The Morgan fingerprint density at radius 1 is 1.26 bits per heavy atom. The van der Waals surface area contributed by atoms with E-state index in [1.807, 2.05) is 0 Å². The number of hydrogen-bond donors (Lipinski definition) is 2. The smallest absolute Gasteiger partial charge is 0.259 e. The highest BCUT2D eigenvalue weighted by Crippen LogP contribution is 2.33. The van der Waals surface area contributed by atoms with Crippen LogP contribution in [0.4, 0.5) is 0 Å². The Hall–Kier alpha value is -1.99. The van der Waals surface area contributed by atoms with Crippen molar-refractivity contribution in [2.24, 2.45) is 0 Å². The highest BCUT2D eigenvalue weighted by Gasteiger charge is 2.33. The van der Waals surface area contributed by atoms with Gasteiger partial charge in [-0.2, -0.15) is 0 Å². The monoisotopic (exact) mass is 317 g/mol. The van der Waals surface area contributed by atoms with Crippen molar-refractivity contribution >= 4 is 17.0 Å². The van der Waals surface area contributed by atoms with Crippen LogP contribution in [0.5, 0.6) is 0 Å². The van der Waals surface area contributed by atoms with Gasteiger partial charge in [0.25, 0.3) is 11.6 Å². The quantitative estimate of drug-likeness (QED) is 0.798. The molecule has 1 aliphatic heterocycles. The van der Waals surface area contributed by atoms with Crippen LogP contribution in [0.2, 0.25) is 0 Å². The zero-order valence-electron chi connectivity index (χ0n) is 12.9. The fraction of sp³-hybridized carbons (Fsp3) is 0.562. The summed E-state index contributed by atoms with van der Waals surface area (Å²) in [7, 11) is 0. The van der Waals surface area contributed by atoms with Crippen LogP contribution in [0, 0.1) is 6.92 Å². The van der Waals surface area contributed by atoms with E-state index >= 15 is 0 Å². The van der Waals surface area contributed by atoms with Crippen LogP contribution in [0.3, 0.4) is 0 Å². The summed E-state index contributed by atoms with van der Waals surface area (Å²) in [5.41, 5.74) is 3.48. The number of likely N-dealkylation sites (tertiary alicyclic amines) is 1. The molecule has 2 atom stereocenters. The average molecular weight is 317 g/mol. The zero-order chi connectivity index (χ0) is 16.1. The van der Waals surface area contributed by atoms with Crippen LogP contribution in [0.15, 0.2) is 4.52 Å². The Balaban J connectivity index is 1.84. The van der Waals surface area contributed by atoms with Crippen LogP contribution in [-0.4, -0.2) is 56.5 Å². The number of aliphatic hydroxyl groups excluding tert-OH is 2. The first-order valence-corrected chi connectivity index (χ1v) is 7.97. The van der Waals surface area contributed by atoms with E-state index < -0.39 is 12.2 Å². The number of piperidine rings is 1. The van der Waals surface area contributed by atoms with Crippen LogP contribution in [0.25, 0.3) is 11.1 Å². The van der Waals surface area contributed by atoms with Crippen molar-refractivity contribution in [3.05, 3.63) is 22.5 Å². The van der Waals surface area contributed by atoms with Crippen molar-refractivity contribution in [1.29, 1.82) is 0 Å². The van der Waals surface area contributed by atoms with Crippen molar-refractivity contribution < 1.29 is 19.5 Å². The molecule has 7 heteroatoms. The van der Waals surface area contributed by atoms with Crippen molar-refractivity contribution in [3.8, 4) is 0 Å². The predicted molar refractivity (Wildman–Crippen MR) is 81.1 cm³/mol. The molecule has 0 radical (unpaired) electrons. The first kappa shape index (κ1) is 14.6. The van der Waals surface area contributed by atoms with Gasteiger partial charge in [0.2, 0.25) is 0 Å². The lowest BCUT2D eigenvalue weighted by molar-refractivity contribution is -0.00381. The maximum atomic E-state index is 13.1. The second-order valence-corrected chi connectivity index (χ2v) is 6.47. The molecule has 1 amide bonds. The maximum Gasteiger partial charge on any atom is 0.259 e. The normalized spacial score (nSPS) is 24.2. The molecule has 1 aliphatic carbocycles. The third kappa shape index (κ3) is 2.31. The van der Waals surface area contributed by atoms with Crippen molar-refractivity contribution in [2.45, 2.75) is 44.8 Å². The number of aryl methyl sites for hydroxylation is 2. The fourth-order valence-electron chi connectivity index (χ4n) is 3.72. The van der Waals surface area contributed by atoms with Gasteiger partial charge in [-0.3, -0.25) is 4.79 Å². The molecule has 1 fully saturated rings. The number of aliphatic hydroxyl groups is 2. The highest BCUT2D eigenvalue weighted by atomic mass is 16.5.